The predicted molar refractivity (Wildman–Crippen MR) is 444 cm³/mol. The monoisotopic (exact) mass is 1360 g/mol. The smallest absolute Gasteiger partial charge is 0.159 e. The van der Waals surface area contributed by atoms with Crippen molar-refractivity contribution in [2.24, 2.45) is 0 Å². The molecule has 0 atom stereocenters. The van der Waals surface area contributed by atoms with Crippen molar-refractivity contribution in [2.75, 3.05) is 9.80 Å². The van der Waals surface area contributed by atoms with Gasteiger partial charge in [-0.1, -0.05) is 273 Å². The van der Waals surface area contributed by atoms with Crippen LogP contribution >= 0.6 is 11.3 Å². The molecule has 24 rings (SSSR count). The molecule has 0 N–H and O–H groups in total. The lowest BCUT2D eigenvalue weighted by Gasteiger charge is -2.32. The minimum Gasteiger partial charge on any atom is -0.454 e. The summed E-state index contributed by atoms with van der Waals surface area (Å²) in [5.41, 5.74) is 30.4. The van der Waals surface area contributed by atoms with Crippen molar-refractivity contribution in [1.82, 2.24) is 0 Å². The molecule has 2 heterocycles. The zero-order chi connectivity index (χ0) is 69.1. The maximum Gasteiger partial charge on any atom is 0.159 e. The molecule has 0 amide bonds. The number of thiophene rings is 1. The highest BCUT2D eigenvalue weighted by atomic mass is 32.1. The summed E-state index contributed by atoms with van der Waals surface area (Å²) in [6.45, 7) is 0. The molecule has 0 saturated heterocycles. The lowest BCUT2D eigenvalue weighted by Crippen LogP contribution is -2.26. The van der Waals surface area contributed by atoms with E-state index in [9.17, 15) is 0 Å². The first-order chi connectivity index (χ1) is 52.6. The number of hydrogen-bond donors (Lipinski definition) is 0. The van der Waals surface area contributed by atoms with Crippen LogP contribution in [0, 0.1) is 0 Å². The van der Waals surface area contributed by atoms with E-state index in [1.54, 1.807) is 0 Å². The van der Waals surface area contributed by atoms with E-state index in [1.807, 2.05) is 11.3 Å². The Labute approximate surface area is 615 Å². The van der Waals surface area contributed by atoms with Gasteiger partial charge >= 0.3 is 0 Å². The van der Waals surface area contributed by atoms with Crippen LogP contribution in [-0.2, 0) is 10.8 Å². The van der Waals surface area contributed by atoms with Crippen molar-refractivity contribution >= 4 is 131 Å². The van der Waals surface area contributed by atoms with Gasteiger partial charge in [-0.3, -0.25) is 0 Å². The standard InChI is InChI=1S/C102H60N2OS/c1-3-22-65(23-4-1)103(69-47-56-95-85(60-69)79-31-13-18-40-94(79)106-95)67-45-50-72-62(57-67)42-49-83-97-80-33-19-32-70(74(80)52-54-91(97)102(99(72)83)88-37-16-11-29-77(88)78-30-12-17-38-89(78)102)64-44-55-93-84(59-64)81-34-20-39-92(100(81)105-93)104(66-24-5-2-6-25-66)68-46-51-73-63(58-68)41-48-82-96-71-26-8-7-21-61(71)43-53-90(96)101(98(73)82)86-35-14-9-27-75(86)76-28-10-15-36-87(76)101/h1-60H. The number of furan rings is 1. The van der Waals surface area contributed by atoms with E-state index in [4.69, 9.17) is 4.42 Å². The van der Waals surface area contributed by atoms with Crippen molar-refractivity contribution in [3.05, 3.63) is 408 Å². The number of nitrogens with zero attached hydrogens (tertiary/aromatic N) is 2. The lowest BCUT2D eigenvalue weighted by molar-refractivity contribution is 0.669. The molecule has 106 heavy (non-hydrogen) atoms. The number of rotatable bonds is 7. The molecule has 2 spiro atoms. The highest BCUT2D eigenvalue weighted by Gasteiger charge is 2.55. The summed E-state index contributed by atoms with van der Waals surface area (Å²) in [6.07, 6.45) is 0. The van der Waals surface area contributed by atoms with Gasteiger partial charge in [0.05, 0.1) is 16.5 Å². The quantitative estimate of drug-likeness (QED) is 0.159. The normalized spacial score (nSPS) is 13.6. The first-order valence-corrected chi connectivity index (χ1v) is 37.6. The summed E-state index contributed by atoms with van der Waals surface area (Å²) in [5, 5.41) is 14.6. The number of benzene rings is 18. The number of para-hydroxylation sites is 3. The molecule has 4 heteroatoms. The zero-order valence-electron chi connectivity index (χ0n) is 57.4. The van der Waals surface area contributed by atoms with Gasteiger partial charge in [-0.25, -0.2) is 0 Å². The topological polar surface area (TPSA) is 19.6 Å². The molecule has 0 aliphatic heterocycles. The molecule has 0 saturated carbocycles. The van der Waals surface area contributed by atoms with Gasteiger partial charge in [-0.05, 0) is 234 Å². The third-order valence-corrected chi connectivity index (χ3v) is 25.3. The average molecular weight is 1360 g/mol. The minimum absolute atomic E-state index is 0.511. The van der Waals surface area contributed by atoms with Crippen LogP contribution in [0.15, 0.2) is 368 Å². The van der Waals surface area contributed by atoms with Crippen LogP contribution in [0.4, 0.5) is 34.1 Å². The van der Waals surface area contributed by atoms with E-state index >= 15 is 0 Å². The molecular formula is C102H60N2OS. The van der Waals surface area contributed by atoms with Crippen LogP contribution < -0.4 is 9.80 Å². The molecule has 3 nitrogen and oxygen atoms in total. The Balaban J connectivity index is 0.656. The van der Waals surface area contributed by atoms with Crippen molar-refractivity contribution in [3.63, 3.8) is 0 Å². The third kappa shape index (κ3) is 7.64. The fraction of sp³-hybridized carbons (Fsp3) is 0.0196. The van der Waals surface area contributed by atoms with Crippen LogP contribution in [0.5, 0.6) is 0 Å². The SMILES string of the molecule is c1ccc(N(c2ccc3c4c(ccc3c2)-c2c(ccc3c(-c5ccc6oc7c(N(c8ccccc8)c8ccc9c%10c(ccc9c8)-c8c(ccc9ccccc89)C%108c9ccccc9-c9ccccc98)cccc7c6c5)cccc23)C42c3ccccc3-c3ccccc32)c2ccc3sc4ccccc4c3c2)cc1. The highest BCUT2D eigenvalue weighted by Crippen LogP contribution is 2.68. The number of hydrogen-bond acceptors (Lipinski definition) is 4. The summed E-state index contributed by atoms with van der Waals surface area (Å²) in [6, 6.07) is 137. The van der Waals surface area contributed by atoms with Crippen molar-refractivity contribution in [3.8, 4) is 55.6 Å². The first-order valence-electron chi connectivity index (χ1n) is 36.8. The van der Waals surface area contributed by atoms with Gasteiger partial charge in [0.1, 0.15) is 5.58 Å². The summed E-state index contributed by atoms with van der Waals surface area (Å²) in [7, 11) is 0. The Hall–Kier alpha value is -13.4. The van der Waals surface area contributed by atoms with Gasteiger partial charge in [0.2, 0.25) is 0 Å². The molecule has 20 aromatic rings. The molecule has 0 unspecified atom stereocenters. The molecule has 0 radical (unpaired) electrons. The minimum atomic E-state index is -0.583. The Kier molecular flexibility index (Phi) is 11.9. The van der Waals surface area contributed by atoms with Crippen LogP contribution in [0.1, 0.15) is 44.5 Å². The number of anilines is 6. The Morgan fingerprint density at radius 3 is 1.36 bits per heavy atom. The molecule has 4 aliphatic rings. The largest absolute Gasteiger partial charge is 0.454 e. The Bertz CT molecular complexity index is 7150. The second-order valence-corrected chi connectivity index (χ2v) is 30.2. The third-order valence-electron chi connectivity index (χ3n) is 24.2. The summed E-state index contributed by atoms with van der Waals surface area (Å²) in [5.74, 6) is 0. The van der Waals surface area contributed by atoms with E-state index in [2.05, 4.69) is 374 Å². The van der Waals surface area contributed by atoms with Gasteiger partial charge in [0.25, 0.3) is 0 Å². The summed E-state index contributed by atoms with van der Waals surface area (Å²) < 4.78 is 9.83. The van der Waals surface area contributed by atoms with Crippen LogP contribution in [0.3, 0.4) is 0 Å². The molecular weight excluding hydrogens is 1300 g/mol. The summed E-state index contributed by atoms with van der Waals surface area (Å²) in [4.78, 5) is 4.82. The molecule has 490 valence electrons. The fourth-order valence-corrected chi connectivity index (χ4v) is 21.2. The zero-order valence-corrected chi connectivity index (χ0v) is 58.2. The average Bonchev–Trinajstić information content (AvgIpc) is 1.50. The van der Waals surface area contributed by atoms with Crippen molar-refractivity contribution < 1.29 is 4.42 Å². The van der Waals surface area contributed by atoms with Crippen LogP contribution in [0.2, 0.25) is 0 Å². The highest BCUT2D eigenvalue weighted by molar-refractivity contribution is 7.25. The van der Waals surface area contributed by atoms with Gasteiger partial charge in [-0.2, -0.15) is 0 Å². The maximum absolute atomic E-state index is 7.23. The van der Waals surface area contributed by atoms with Gasteiger partial charge < -0.3 is 14.2 Å². The molecule has 2 aromatic heterocycles. The van der Waals surface area contributed by atoms with Crippen LogP contribution in [0.25, 0.3) is 141 Å². The second-order valence-electron chi connectivity index (χ2n) is 29.2. The fourth-order valence-electron chi connectivity index (χ4n) is 20.1. The first kappa shape index (κ1) is 58.2. The van der Waals surface area contributed by atoms with E-state index in [0.29, 0.717) is 0 Å². The Morgan fingerprint density at radius 1 is 0.236 bits per heavy atom. The number of fused-ring (bicyclic) bond motifs is 34. The van der Waals surface area contributed by atoms with E-state index in [1.165, 1.54) is 158 Å². The van der Waals surface area contributed by atoms with Crippen LogP contribution in [-0.4, -0.2) is 0 Å². The maximum atomic E-state index is 7.23. The van der Waals surface area contributed by atoms with Crippen molar-refractivity contribution in [1.29, 1.82) is 0 Å². The van der Waals surface area contributed by atoms with Gasteiger partial charge in [0.15, 0.2) is 5.58 Å². The van der Waals surface area contributed by atoms with E-state index in [-0.39, 0.29) is 0 Å². The van der Waals surface area contributed by atoms with Gasteiger partial charge in [-0.15, -0.1) is 11.3 Å². The Morgan fingerprint density at radius 2 is 0.708 bits per heavy atom. The second kappa shape index (κ2) is 21.6. The predicted octanol–water partition coefficient (Wildman–Crippen LogP) is 27.9. The molecule has 18 aromatic carbocycles. The van der Waals surface area contributed by atoms with Gasteiger partial charge in [0, 0.05) is 59.4 Å². The summed E-state index contributed by atoms with van der Waals surface area (Å²) >= 11 is 1.86. The van der Waals surface area contributed by atoms with E-state index in [0.717, 1.165) is 61.6 Å². The molecule has 0 bridgehead atoms. The van der Waals surface area contributed by atoms with Crippen molar-refractivity contribution in [2.45, 2.75) is 10.8 Å². The van der Waals surface area contributed by atoms with E-state index < -0.39 is 10.8 Å². The molecule has 0 fully saturated rings. The molecule has 4 aliphatic carbocycles. The lowest BCUT2D eigenvalue weighted by atomic mass is 9.69.